The second kappa shape index (κ2) is 7.86. The van der Waals surface area contributed by atoms with Gasteiger partial charge in [-0.15, -0.1) is 0 Å². The van der Waals surface area contributed by atoms with Crippen molar-refractivity contribution in [1.29, 1.82) is 0 Å². The van der Waals surface area contributed by atoms with Crippen molar-refractivity contribution in [2.24, 2.45) is 0 Å². The molecule has 1 unspecified atom stereocenters. The first-order chi connectivity index (χ1) is 9.85. The maximum Gasteiger partial charge on any atom is 0.0576 e. The van der Waals surface area contributed by atoms with Crippen LogP contribution in [-0.2, 0) is 6.42 Å². The molecule has 0 aromatic heterocycles. The number of hydrogen-bond acceptors (Lipinski definition) is 1. The van der Waals surface area contributed by atoms with Crippen molar-refractivity contribution < 1.29 is 0 Å². The third-order valence-electron chi connectivity index (χ3n) is 3.55. The molecule has 1 N–H and O–H groups in total. The Balaban J connectivity index is 2.28. The molecule has 0 radical (unpaired) electrons. The maximum absolute atomic E-state index is 3.67. The average Bonchev–Trinajstić information content (AvgIpc) is 2.50. The number of nitrogens with one attached hydrogen (secondary N) is 1. The second-order valence-electron chi connectivity index (χ2n) is 5.29. The molecule has 2 aromatic rings. The summed E-state index contributed by atoms with van der Waals surface area (Å²) in [5.41, 5.74) is 4.15. The van der Waals surface area contributed by atoms with E-state index in [1.807, 2.05) is 0 Å². The zero-order valence-corrected chi connectivity index (χ0v) is 12.6. The van der Waals surface area contributed by atoms with E-state index in [-0.39, 0.29) is 0 Å². The average molecular weight is 267 g/mol. The predicted octanol–water partition coefficient (Wildman–Crippen LogP) is 4.73. The fraction of sp³-hybridized carbons (Fsp3) is 0.368. The Morgan fingerprint density at radius 2 is 1.60 bits per heavy atom. The Morgan fingerprint density at radius 3 is 2.30 bits per heavy atom. The van der Waals surface area contributed by atoms with Gasteiger partial charge in [0, 0.05) is 0 Å². The van der Waals surface area contributed by atoms with E-state index in [4.69, 9.17) is 0 Å². The van der Waals surface area contributed by atoms with Crippen LogP contribution in [0.3, 0.4) is 0 Å². The highest BCUT2D eigenvalue weighted by atomic mass is 14.9. The predicted molar refractivity (Wildman–Crippen MR) is 87.0 cm³/mol. The van der Waals surface area contributed by atoms with E-state index in [0.717, 1.165) is 19.4 Å². The van der Waals surface area contributed by atoms with Crippen molar-refractivity contribution >= 4 is 0 Å². The summed E-state index contributed by atoms with van der Waals surface area (Å²) in [6.07, 6.45) is 3.50. The van der Waals surface area contributed by atoms with Crippen molar-refractivity contribution in [1.82, 2.24) is 5.32 Å². The minimum Gasteiger partial charge on any atom is -0.306 e. The number of aryl methyl sites for hydroxylation is 1. The van der Waals surface area contributed by atoms with Gasteiger partial charge in [-0.2, -0.15) is 0 Å². The molecule has 0 aliphatic heterocycles. The number of benzene rings is 2. The Hall–Kier alpha value is -1.60. The van der Waals surface area contributed by atoms with E-state index in [1.165, 1.54) is 23.1 Å². The molecule has 2 aromatic carbocycles. The molecule has 0 aliphatic carbocycles. The molecule has 20 heavy (non-hydrogen) atoms. The minimum atomic E-state index is 0.299. The number of hydrogen-bond donors (Lipinski definition) is 1. The summed E-state index contributed by atoms with van der Waals surface area (Å²) >= 11 is 0. The van der Waals surface area contributed by atoms with E-state index in [2.05, 4.69) is 73.8 Å². The zero-order valence-electron chi connectivity index (χ0n) is 12.6. The lowest BCUT2D eigenvalue weighted by Crippen LogP contribution is -2.23. The van der Waals surface area contributed by atoms with Crippen LogP contribution < -0.4 is 5.32 Å². The molecule has 2 rings (SSSR count). The number of rotatable bonds is 7. The van der Waals surface area contributed by atoms with Gasteiger partial charge in [0.15, 0.2) is 0 Å². The van der Waals surface area contributed by atoms with Crippen molar-refractivity contribution in [2.45, 2.75) is 39.2 Å². The molecular weight excluding hydrogens is 242 g/mol. The smallest absolute Gasteiger partial charge is 0.0576 e. The Morgan fingerprint density at radius 1 is 0.850 bits per heavy atom. The molecule has 0 spiro atoms. The minimum absolute atomic E-state index is 0.299. The Kier molecular flexibility index (Phi) is 5.82. The molecule has 0 saturated heterocycles. The molecule has 0 bridgehead atoms. The van der Waals surface area contributed by atoms with Gasteiger partial charge in [0.1, 0.15) is 0 Å². The monoisotopic (exact) mass is 267 g/mol. The summed E-state index contributed by atoms with van der Waals surface area (Å²) in [5.74, 6) is 0. The first-order valence-corrected chi connectivity index (χ1v) is 7.72. The SMILES string of the molecule is CCCNC(c1ccccc1)c1cccc(CCC)c1. The highest BCUT2D eigenvalue weighted by molar-refractivity contribution is 5.34. The Labute approximate surface area is 123 Å². The van der Waals surface area contributed by atoms with Crippen LogP contribution in [0.15, 0.2) is 54.6 Å². The van der Waals surface area contributed by atoms with E-state index >= 15 is 0 Å². The van der Waals surface area contributed by atoms with E-state index < -0.39 is 0 Å². The fourth-order valence-corrected chi connectivity index (χ4v) is 2.58. The van der Waals surface area contributed by atoms with Crippen molar-refractivity contribution in [3.8, 4) is 0 Å². The van der Waals surface area contributed by atoms with Crippen molar-refractivity contribution in [3.63, 3.8) is 0 Å². The molecule has 0 amide bonds. The van der Waals surface area contributed by atoms with Gasteiger partial charge in [-0.1, -0.05) is 74.9 Å². The molecule has 0 saturated carbocycles. The maximum atomic E-state index is 3.67. The van der Waals surface area contributed by atoms with E-state index in [9.17, 15) is 0 Å². The molecule has 0 fully saturated rings. The molecule has 0 aliphatic rings. The summed E-state index contributed by atoms with van der Waals surface area (Å²) in [6, 6.07) is 20.0. The van der Waals surface area contributed by atoms with Gasteiger partial charge >= 0.3 is 0 Å². The van der Waals surface area contributed by atoms with Gasteiger partial charge < -0.3 is 5.32 Å². The van der Waals surface area contributed by atoms with Crippen LogP contribution in [-0.4, -0.2) is 6.54 Å². The molecule has 1 heteroatoms. The Bertz CT molecular complexity index is 504. The summed E-state index contributed by atoms with van der Waals surface area (Å²) in [6.45, 7) is 5.48. The third-order valence-corrected chi connectivity index (χ3v) is 3.55. The van der Waals surface area contributed by atoms with Gasteiger partial charge in [-0.05, 0) is 36.1 Å². The highest BCUT2D eigenvalue weighted by Crippen LogP contribution is 2.23. The van der Waals surface area contributed by atoms with E-state index in [0.29, 0.717) is 6.04 Å². The summed E-state index contributed by atoms with van der Waals surface area (Å²) in [4.78, 5) is 0. The van der Waals surface area contributed by atoms with Crippen molar-refractivity contribution in [2.75, 3.05) is 6.54 Å². The fourth-order valence-electron chi connectivity index (χ4n) is 2.58. The highest BCUT2D eigenvalue weighted by Gasteiger charge is 2.12. The van der Waals surface area contributed by atoms with Crippen LogP contribution in [0.25, 0.3) is 0 Å². The summed E-state index contributed by atoms with van der Waals surface area (Å²) in [7, 11) is 0. The first-order valence-electron chi connectivity index (χ1n) is 7.72. The van der Waals surface area contributed by atoms with Crippen LogP contribution >= 0.6 is 0 Å². The van der Waals surface area contributed by atoms with Gasteiger partial charge in [0.05, 0.1) is 6.04 Å². The molecular formula is C19H25N. The van der Waals surface area contributed by atoms with Crippen LogP contribution in [0.5, 0.6) is 0 Å². The first kappa shape index (κ1) is 14.8. The van der Waals surface area contributed by atoms with Crippen molar-refractivity contribution in [3.05, 3.63) is 71.3 Å². The van der Waals surface area contributed by atoms with Gasteiger partial charge in [-0.25, -0.2) is 0 Å². The van der Waals surface area contributed by atoms with Crippen LogP contribution in [0.2, 0.25) is 0 Å². The van der Waals surface area contributed by atoms with Crippen LogP contribution in [0, 0.1) is 0 Å². The lowest BCUT2D eigenvalue weighted by molar-refractivity contribution is 0.598. The lowest BCUT2D eigenvalue weighted by atomic mass is 9.96. The molecule has 1 nitrogen and oxygen atoms in total. The van der Waals surface area contributed by atoms with Crippen LogP contribution in [0.1, 0.15) is 49.4 Å². The topological polar surface area (TPSA) is 12.0 Å². The second-order valence-corrected chi connectivity index (χ2v) is 5.29. The third kappa shape index (κ3) is 3.94. The lowest BCUT2D eigenvalue weighted by Gasteiger charge is -2.20. The molecule has 1 atom stereocenters. The summed E-state index contributed by atoms with van der Waals surface area (Å²) in [5, 5.41) is 3.67. The standard InChI is InChI=1S/C19H25N/c1-3-9-16-10-8-13-18(15-16)19(20-14-4-2)17-11-6-5-7-12-17/h5-8,10-13,15,19-20H,3-4,9,14H2,1-2H3. The summed E-state index contributed by atoms with van der Waals surface area (Å²) < 4.78 is 0. The van der Waals surface area contributed by atoms with E-state index in [1.54, 1.807) is 0 Å². The molecule has 0 heterocycles. The quantitative estimate of drug-likeness (QED) is 0.765. The normalized spacial score (nSPS) is 12.3. The molecule has 106 valence electrons. The van der Waals surface area contributed by atoms with Gasteiger partial charge in [-0.3, -0.25) is 0 Å². The van der Waals surface area contributed by atoms with Crippen LogP contribution in [0.4, 0.5) is 0 Å². The zero-order chi connectivity index (χ0) is 14.2. The largest absolute Gasteiger partial charge is 0.306 e. The van der Waals surface area contributed by atoms with Gasteiger partial charge in [0.25, 0.3) is 0 Å². The van der Waals surface area contributed by atoms with Gasteiger partial charge in [0.2, 0.25) is 0 Å².